The van der Waals surface area contributed by atoms with Crippen molar-refractivity contribution in [1.29, 1.82) is 0 Å². The topological polar surface area (TPSA) is 18.5 Å². The highest BCUT2D eigenvalue weighted by molar-refractivity contribution is 4.91. The number of nitrogens with zero attached hydrogens (tertiary/aromatic N) is 2. The van der Waals surface area contributed by atoms with Gasteiger partial charge in [-0.3, -0.25) is 9.80 Å². The summed E-state index contributed by atoms with van der Waals surface area (Å²) in [7, 11) is 2.26. The van der Waals surface area contributed by atoms with Gasteiger partial charge in [-0.2, -0.15) is 0 Å². The Morgan fingerprint density at radius 3 is 2.47 bits per heavy atom. The third-order valence-corrected chi connectivity index (χ3v) is 5.29. The summed E-state index contributed by atoms with van der Waals surface area (Å²) in [5.74, 6) is 0.919. The van der Waals surface area contributed by atoms with Crippen molar-refractivity contribution in [1.82, 2.24) is 15.1 Å². The minimum atomic E-state index is 0.324. The smallest absolute Gasteiger partial charge is 0.0277 e. The SMILES string of the molecule is CCNC(CN1CCN(C)C(C)(C)C1)C1CCCC1. The Hall–Kier alpha value is -0.120. The molecule has 0 aromatic rings. The molecule has 0 amide bonds. The molecule has 1 saturated carbocycles. The second-order valence-electron chi connectivity index (χ2n) is 7.18. The maximum Gasteiger partial charge on any atom is 0.0277 e. The maximum atomic E-state index is 3.76. The maximum absolute atomic E-state index is 3.76. The van der Waals surface area contributed by atoms with E-state index in [-0.39, 0.29) is 0 Å². The molecule has 0 spiro atoms. The zero-order valence-electron chi connectivity index (χ0n) is 13.4. The Morgan fingerprint density at radius 2 is 1.89 bits per heavy atom. The van der Waals surface area contributed by atoms with Crippen LogP contribution < -0.4 is 5.32 Å². The monoisotopic (exact) mass is 267 g/mol. The van der Waals surface area contributed by atoms with Gasteiger partial charge >= 0.3 is 0 Å². The van der Waals surface area contributed by atoms with Crippen LogP contribution in [0.15, 0.2) is 0 Å². The molecule has 0 radical (unpaired) electrons. The van der Waals surface area contributed by atoms with Gasteiger partial charge in [0.25, 0.3) is 0 Å². The fourth-order valence-corrected chi connectivity index (χ4v) is 3.78. The molecule has 0 aromatic carbocycles. The van der Waals surface area contributed by atoms with Gasteiger partial charge < -0.3 is 5.32 Å². The number of likely N-dealkylation sites (N-methyl/N-ethyl adjacent to an activating group) is 2. The Labute approximate surface area is 119 Å². The van der Waals surface area contributed by atoms with E-state index >= 15 is 0 Å². The fraction of sp³-hybridized carbons (Fsp3) is 1.00. The van der Waals surface area contributed by atoms with Gasteiger partial charge in [-0.1, -0.05) is 19.8 Å². The van der Waals surface area contributed by atoms with Gasteiger partial charge in [0.1, 0.15) is 0 Å². The second-order valence-corrected chi connectivity index (χ2v) is 7.18. The molecule has 3 heteroatoms. The average Bonchev–Trinajstić information content (AvgIpc) is 2.86. The average molecular weight is 267 g/mol. The van der Waals surface area contributed by atoms with Crippen molar-refractivity contribution in [2.75, 3.05) is 39.8 Å². The molecule has 0 bridgehead atoms. The van der Waals surface area contributed by atoms with E-state index in [0.717, 1.165) is 12.5 Å². The molecule has 1 heterocycles. The highest BCUT2D eigenvalue weighted by Gasteiger charge is 2.33. The second kappa shape index (κ2) is 6.55. The lowest BCUT2D eigenvalue weighted by atomic mass is 9.95. The van der Waals surface area contributed by atoms with Crippen molar-refractivity contribution in [3.05, 3.63) is 0 Å². The molecule has 1 saturated heterocycles. The zero-order valence-corrected chi connectivity index (χ0v) is 13.4. The minimum Gasteiger partial charge on any atom is -0.313 e. The Kier molecular flexibility index (Phi) is 5.27. The van der Waals surface area contributed by atoms with Gasteiger partial charge in [0, 0.05) is 37.8 Å². The molecule has 1 N–H and O–H groups in total. The standard InChI is InChI=1S/C16H33N3/c1-5-17-15(14-8-6-7-9-14)12-19-11-10-18(4)16(2,3)13-19/h14-15,17H,5-13H2,1-4H3. The van der Waals surface area contributed by atoms with E-state index in [1.54, 1.807) is 0 Å². The van der Waals surface area contributed by atoms with Gasteiger partial charge in [0.05, 0.1) is 0 Å². The van der Waals surface area contributed by atoms with Crippen molar-refractivity contribution in [3.8, 4) is 0 Å². The van der Waals surface area contributed by atoms with Crippen LogP contribution in [0.1, 0.15) is 46.5 Å². The van der Waals surface area contributed by atoms with Crippen LogP contribution in [-0.2, 0) is 0 Å². The van der Waals surface area contributed by atoms with E-state index in [0.29, 0.717) is 11.6 Å². The van der Waals surface area contributed by atoms with Gasteiger partial charge in [-0.05, 0) is 46.2 Å². The molecule has 19 heavy (non-hydrogen) atoms. The molecule has 2 rings (SSSR count). The van der Waals surface area contributed by atoms with E-state index in [1.807, 2.05) is 0 Å². The number of hydrogen-bond donors (Lipinski definition) is 1. The van der Waals surface area contributed by atoms with Crippen LogP contribution in [0.3, 0.4) is 0 Å². The van der Waals surface area contributed by atoms with Gasteiger partial charge in [0.2, 0.25) is 0 Å². The molecule has 1 aliphatic carbocycles. The fourth-order valence-electron chi connectivity index (χ4n) is 3.78. The van der Waals surface area contributed by atoms with Crippen LogP contribution in [0, 0.1) is 5.92 Å². The van der Waals surface area contributed by atoms with Gasteiger partial charge in [0.15, 0.2) is 0 Å². The highest BCUT2D eigenvalue weighted by atomic mass is 15.3. The first-order chi connectivity index (χ1) is 9.03. The summed E-state index contributed by atoms with van der Waals surface area (Å²) in [4.78, 5) is 5.19. The largest absolute Gasteiger partial charge is 0.313 e. The van der Waals surface area contributed by atoms with E-state index in [2.05, 4.69) is 42.9 Å². The normalized spacial score (nSPS) is 27.8. The lowest BCUT2D eigenvalue weighted by Crippen LogP contribution is -2.60. The number of rotatable bonds is 5. The summed E-state index contributed by atoms with van der Waals surface area (Å²) < 4.78 is 0. The van der Waals surface area contributed by atoms with Crippen LogP contribution in [0.4, 0.5) is 0 Å². The third-order valence-electron chi connectivity index (χ3n) is 5.29. The van der Waals surface area contributed by atoms with Crippen molar-refractivity contribution in [2.45, 2.75) is 58.0 Å². The summed E-state index contributed by atoms with van der Waals surface area (Å²) in [5.41, 5.74) is 0.324. The summed E-state index contributed by atoms with van der Waals surface area (Å²) in [6.45, 7) is 13.0. The highest BCUT2D eigenvalue weighted by Crippen LogP contribution is 2.29. The first kappa shape index (κ1) is 15.3. The number of hydrogen-bond acceptors (Lipinski definition) is 3. The molecule has 1 aliphatic heterocycles. The Morgan fingerprint density at radius 1 is 1.21 bits per heavy atom. The van der Waals surface area contributed by atoms with Crippen molar-refractivity contribution >= 4 is 0 Å². The van der Waals surface area contributed by atoms with E-state index in [9.17, 15) is 0 Å². The van der Waals surface area contributed by atoms with Crippen LogP contribution in [0.5, 0.6) is 0 Å². The molecule has 2 fully saturated rings. The van der Waals surface area contributed by atoms with Crippen LogP contribution >= 0.6 is 0 Å². The van der Waals surface area contributed by atoms with E-state index in [4.69, 9.17) is 0 Å². The van der Waals surface area contributed by atoms with Gasteiger partial charge in [-0.25, -0.2) is 0 Å². The minimum absolute atomic E-state index is 0.324. The van der Waals surface area contributed by atoms with Crippen LogP contribution in [0.2, 0.25) is 0 Å². The molecular weight excluding hydrogens is 234 g/mol. The van der Waals surface area contributed by atoms with Crippen LogP contribution in [0.25, 0.3) is 0 Å². The van der Waals surface area contributed by atoms with Gasteiger partial charge in [-0.15, -0.1) is 0 Å². The Bertz CT molecular complexity index is 271. The third kappa shape index (κ3) is 3.93. The summed E-state index contributed by atoms with van der Waals surface area (Å²) in [6.07, 6.45) is 5.77. The van der Waals surface area contributed by atoms with Crippen molar-refractivity contribution < 1.29 is 0 Å². The van der Waals surface area contributed by atoms with Crippen molar-refractivity contribution in [3.63, 3.8) is 0 Å². The predicted molar refractivity (Wildman–Crippen MR) is 82.6 cm³/mol. The van der Waals surface area contributed by atoms with E-state index in [1.165, 1.54) is 51.9 Å². The first-order valence-electron chi connectivity index (χ1n) is 8.20. The summed E-state index contributed by atoms with van der Waals surface area (Å²) >= 11 is 0. The number of nitrogens with one attached hydrogen (secondary N) is 1. The lowest BCUT2D eigenvalue weighted by Gasteiger charge is -2.46. The van der Waals surface area contributed by atoms with E-state index < -0.39 is 0 Å². The molecule has 1 unspecified atom stereocenters. The first-order valence-corrected chi connectivity index (χ1v) is 8.20. The predicted octanol–water partition coefficient (Wildman–Crippen LogP) is 2.18. The molecular formula is C16H33N3. The molecule has 0 aromatic heterocycles. The van der Waals surface area contributed by atoms with Crippen LogP contribution in [-0.4, -0.2) is 61.2 Å². The molecule has 112 valence electrons. The zero-order chi connectivity index (χ0) is 13.9. The molecule has 1 atom stereocenters. The summed E-state index contributed by atoms with van der Waals surface area (Å²) in [5, 5.41) is 3.76. The molecule has 3 nitrogen and oxygen atoms in total. The number of piperazine rings is 1. The van der Waals surface area contributed by atoms with Crippen molar-refractivity contribution in [2.24, 2.45) is 5.92 Å². The molecule has 2 aliphatic rings. The lowest BCUT2D eigenvalue weighted by molar-refractivity contribution is 0.0316. The summed E-state index contributed by atoms with van der Waals surface area (Å²) in [6, 6.07) is 0.715. The Balaban J connectivity index is 1.90. The quantitative estimate of drug-likeness (QED) is 0.824.